The fourth-order valence-corrected chi connectivity index (χ4v) is 7.13. The lowest BCUT2D eigenvalue weighted by Gasteiger charge is -2.34. The van der Waals surface area contributed by atoms with Gasteiger partial charge in [0, 0.05) is 25.2 Å². The van der Waals surface area contributed by atoms with Gasteiger partial charge in [-0.25, -0.2) is 8.42 Å². The summed E-state index contributed by atoms with van der Waals surface area (Å²) in [6.07, 6.45) is 5.57. The second-order valence-corrected chi connectivity index (χ2v) is 13.4. The highest BCUT2D eigenvalue weighted by atomic mass is 32.2. The van der Waals surface area contributed by atoms with Crippen molar-refractivity contribution < 1.29 is 27.8 Å². The maximum Gasteiger partial charge on any atom is 0.312 e. The van der Waals surface area contributed by atoms with E-state index in [1.54, 1.807) is 53.3 Å². The molecule has 0 saturated heterocycles. The molecule has 1 aliphatic rings. The standard InChI is InChI=1S/C31H42N4O6S/c1-6-34-20-25(32-33-34)21-41-29(31(3,4)30(36)37)23-16-15-22(2)24(17-23)19-35(26-11-8-7-9-12-26)42(38,39)28-14-10-13-27(18-28)40-5/h10,13-18,20,26,29H,6-9,11-12,19,21H2,1-5H3,(H,36,37). The van der Waals surface area contributed by atoms with Gasteiger partial charge in [-0.05, 0) is 69.4 Å². The average Bonchev–Trinajstić information content (AvgIpc) is 3.45. The molecule has 1 atom stereocenters. The van der Waals surface area contributed by atoms with Crippen molar-refractivity contribution in [3.63, 3.8) is 0 Å². The normalized spacial score (nSPS) is 15.6. The van der Waals surface area contributed by atoms with E-state index in [1.807, 2.05) is 32.0 Å². The largest absolute Gasteiger partial charge is 0.497 e. The third-order valence-electron chi connectivity index (χ3n) is 8.15. The summed E-state index contributed by atoms with van der Waals surface area (Å²) in [7, 11) is -2.34. The number of ether oxygens (including phenoxy) is 2. The Bertz CT molecular complexity index is 1480. The molecule has 1 heterocycles. The Balaban J connectivity index is 1.71. The van der Waals surface area contributed by atoms with Crippen molar-refractivity contribution in [2.45, 2.75) is 96.5 Å². The molecule has 1 aromatic heterocycles. The van der Waals surface area contributed by atoms with Crippen molar-refractivity contribution in [2.24, 2.45) is 5.41 Å². The van der Waals surface area contributed by atoms with E-state index in [2.05, 4.69) is 10.3 Å². The molecule has 0 bridgehead atoms. The lowest BCUT2D eigenvalue weighted by atomic mass is 9.81. The fraction of sp³-hybridized carbons (Fsp3) is 0.516. The number of carboxylic acids is 1. The number of aryl methyl sites for hydroxylation is 2. The third-order valence-corrected chi connectivity index (χ3v) is 10.0. The molecule has 42 heavy (non-hydrogen) atoms. The van der Waals surface area contributed by atoms with Gasteiger partial charge in [-0.15, -0.1) is 5.10 Å². The Morgan fingerprint density at radius 2 is 1.90 bits per heavy atom. The molecule has 1 saturated carbocycles. The van der Waals surface area contributed by atoms with Gasteiger partial charge in [0.15, 0.2) is 0 Å². The van der Waals surface area contributed by atoms with Crippen molar-refractivity contribution in [1.29, 1.82) is 0 Å². The zero-order valence-corrected chi connectivity index (χ0v) is 25.9. The van der Waals surface area contributed by atoms with Gasteiger partial charge >= 0.3 is 5.97 Å². The van der Waals surface area contributed by atoms with Crippen LogP contribution in [-0.4, -0.2) is 51.9 Å². The first kappa shape index (κ1) is 31.7. The summed E-state index contributed by atoms with van der Waals surface area (Å²) in [5.41, 5.74) is 1.70. The molecule has 1 unspecified atom stereocenters. The SMILES string of the molecule is CCn1cc(COC(c2ccc(C)c(CN(C3CCCCC3)S(=O)(=O)c3cccc(OC)c3)c2)C(C)(C)C(=O)O)nn1. The van der Waals surface area contributed by atoms with Gasteiger partial charge in [-0.3, -0.25) is 9.48 Å². The van der Waals surface area contributed by atoms with Gasteiger partial charge in [-0.1, -0.05) is 48.7 Å². The predicted molar refractivity (Wildman–Crippen MR) is 158 cm³/mol. The Morgan fingerprint density at radius 3 is 2.55 bits per heavy atom. The Labute approximate surface area is 248 Å². The minimum Gasteiger partial charge on any atom is -0.497 e. The molecule has 2 aromatic carbocycles. The zero-order valence-electron chi connectivity index (χ0n) is 25.1. The van der Waals surface area contributed by atoms with Crippen LogP contribution in [0.25, 0.3) is 0 Å². The van der Waals surface area contributed by atoms with Crippen molar-refractivity contribution in [2.75, 3.05) is 7.11 Å². The van der Waals surface area contributed by atoms with Gasteiger partial charge in [0.2, 0.25) is 10.0 Å². The number of hydrogen-bond donors (Lipinski definition) is 1. The second kappa shape index (κ2) is 13.4. The highest BCUT2D eigenvalue weighted by Crippen LogP contribution is 2.39. The number of sulfonamides is 1. The molecular weight excluding hydrogens is 556 g/mol. The Kier molecular flexibility index (Phi) is 10.1. The summed E-state index contributed by atoms with van der Waals surface area (Å²) in [4.78, 5) is 12.6. The summed E-state index contributed by atoms with van der Waals surface area (Å²) in [5.74, 6) is -0.524. The van der Waals surface area contributed by atoms with Crippen LogP contribution in [0.15, 0.2) is 53.6 Å². The first-order valence-corrected chi connectivity index (χ1v) is 15.9. The summed E-state index contributed by atoms with van der Waals surface area (Å²) in [6, 6.07) is 12.1. The number of methoxy groups -OCH3 is 1. The highest BCUT2D eigenvalue weighted by molar-refractivity contribution is 7.89. The molecule has 0 aliphatic heterocycles. The molecule has 1 fully saturated rings. The van der Waals surface area contributed by atoms with Crippen molar-refractivity contribution in [3.05, 3.63) is 71.0 Å². The van der Waals surface area contributed by atoms with Crippen molar-refractivity contribution >= 4 is 16.0 Å². The summed E-state index contributed by atoms with van der Waals surface area (Å²) in [5, 5.41) is 18.3. The van der Waals surface area contributed by atoms with E-state index in [4.69, 9.17) is 9.47 Å². The summed E-state index contributed by atoms with van der Waals surface area (Å²) < 4.78 is 43.1. The van der Waals surface area contributed by atoms with E-state index >= 15 is 0 Å². The molecule has 0 radical (unpaired) electrons. The van der Waals surface area contributed by atoms with Crippen LogP contribution >= 0.6 is 0 Å². The number of carboxylic acid groups (broad SMARTS) is 1. The lowest BCUT2D eigenvalue weighted by Crippen LogP contribution is -2.41. The quantitative estimate of drug-likeness (QED) is 0.273. The number of hydrogen-bond acceptors (Lipinski definition) is 7. The second-order valence-electron chi connectivity index (χ2n) is 11.5. The molecule has 11 heteroatoms. The first-order valence-electron chi connectivity index (χ1n) is 14.5. The predicted octanol–water partition coefficient (Wildman–Crippen LogP) is 5.51. The fourth-order valence-electron chi connectivity index (χ4n) is 5.43. The monoisotopic (exact) mass is 598 g/mol. The van der Waals surface area contributed by atoms with Crippen LogP contribution in [0.1, 0.15) is 81.4 Å². The van der Waals surface area contributed by atoms with Gasteiger partial charge in [-0.2, -0.15) is 4.31 Å². The van der Waals surface area contributed by atoms with Crippen LogP contribution in [0.5, 0.6) is 5.75 Å². The van der Waals surface area contributed by atoms with E-state index in [0.29, 0.717) is 23.6 Å². The zero-order chi connectivity index (χ0) is 30.5. The van der Waals surface area contributed by atoms with Crippen molar-refractivity contribution in [3.8, 4) is 5.75 Å². The van der Waals surface area contributed by atoms with Crippen LogP contribution in [0.3, 0.4) is 0 Å². The van der Waals surface area contributed by atoms with Crippen LogP contribution in [0, 0.1) is 12.3 Å². The molecule has 4 rings (SSSR count). The number of nitrogens with zero attached hydrogens (tertiary/aromatic N) is 4. The van der Waals surface area contributed by atoms with Crippen LogP contribution < -0.4 is 4.74 Å². The smallest absolute Gasteiger partial charge is 0.312 e. The summed E-state index contributed by atoms with van der Waals surface area (Å²) >= 11 is 0. The number of benzene rings is 2. The Morgan fingerprint density at radius 1 is 1.17 bits per heavy atom. The minimum absolute atomic E-state index is 0.0863. The van der Waals surface area contributed by atoms with Gasteiger partial charge < -0.3 is 14.6 Å². The molecule has 1 aliphatic carbocycles. The molecule has 228 valence electrons. The number of aromatic nitrogens is 3. The third kappa shape index (κ3) is 7.02. The van der Waals surface area contributed by atoms with Gasteiger partial charge in [0.25, 0.3) is 0 Å². The minimum atomic E-state index is -3.86. The van der Waals surface area contributed by atoms with Crippen LogP contribution in [0.2, 0.25) is 0 Å². The highest BCUT2D eigenvalue weighted by Gasteiger charge is 2.40. The molecule has 0 spiro atoms. The summed E-state index contributed by atoms with van der Waals surface area (Å²) in [6.45, 7) is 8.06. The topological polar surface area (TPSA) is 124 Å². The van der Waals surface area contributed by atoms with Gasteiger partial charge in [0.05, 0.1) is 36.3 Å². The Hall–Kier alpha value is -3.28. The average molecular weight is 599 g/mol. The van der Waals surface area contributed by atoms with Gasteiger partial charge in [0.1, 0.15) is 11.4 Å². The molecular formula is C31H42N4O6S. The molecule has 0 amide bonds. The molecule has 3 aromatic rings. The van der Waals surface area contributed by atoms with Crippen molar-refractivity contribution in [1.82, 2.24) is 19.3 Å². The van der Waals surface area contributed by atoms with Crippen LogP contribution in [-0.2, 0) is 39.3 Å². The van der Waals surface area contributed by atoms with E-state index in [-0.39, 0.29) is 24.1 Å². The number of rotatable bonds is 13. The van der Waals surface area contributed by atoms with E-state index < -0.39 is 27.5 Å². The first-order chi connectivity index (χ1) is 20.0. The number of carbonyl (C=O) groups is 1. The maximum atomic E-state index is 14.1. The van der Waals surface area contributed by atoms with E-state index in [9.17, 15) is 18.3 Å². The van der Waals surface area contributed by atoms with E-state index in [0.717, 1.165) is 43.2 Å². The number of aliphatic carboxylic acids is 1. The maximum absolute atomic E-state index is 14.1. The lowest BCUT2D eigenvalue weighted by molar-refractivity contribution is -0.158. The molecule has 10 nitrogen and oxygen atoms in total. The molecule has 1 N–H and O–H groups in total. The van der Waals surface area contributed by atoms with E-state index in [1.165, 1.54) is 7.11 Å². The van der Waals surface area contributed by atoms with Crippen LogP contribution in [0.4, 0.5) is 0 Å².